The van der Waals surface area contributed by atoms with E-state index in [2.05, 4.69) is 53.4 Å². The van der Waals surface area contributed by atoms with Crippen LogP contribution >= 0.6 is 8.53 Å². The van der Waals surface area contributed by atoms with Crippen LogP contribution in [0.25, 0.3) is 11.2 Å². The van der Waals surface area contributed by atoms with Crippen LogP contribution in [0.5, 0.6) is 11.5 Å². The van der Waals surface area contributed by atoms with E-state index in [4.69, 9.17) is 37.7 Å². The summed E-state index contributed by atoms with van der Waals surface area (Å²) in [4.78, 5) is 31.2. The minimum absolute atomic E-state index is 0.0264. The van der Waals surface area contributed by atoms with Crippen molar-refractivity contribution in [1.29, 1.82) is 5.26 Å². The second-order valence-electron chi connectivity index (χ2n) is 15.6. The summed E-state index contributed by atoms with van der Waals surface area (Å²) in [6, 6.07) is 27.9. The first-order valence-electron chi connectivity index (χ1n) is 20.1. The van der Waals surface area contributed by atoms with Gasteiger partial charge < -0.3 is 37.6 Å². The molecule has 2 fully saturated rings. The SMILES string of the molecule is COc1ccc(C(OC[C@@]23CO[C@@H]([C@H](n4cnc5c(=O)[nH]c(N=CN(C)C)nc54)O2)[C@@H]3OP(OCCC#N)N(C(C)C)C(C)C)(c2ccccc2)c2ccc(OC)cc2)cc1. The smallest absolute Gasteiger partial charge is 0.280 e. The lowest BCUT2D eigenvalue weighted by molar-refractivity contribution is -0.202. The molecule has 3 aromatic carbocycles. The van der Waals surface area contributed by atoms with Crippen LogP contribution in [-0.4, -0.2) is 113 Å². The van der Waals surface area contributed by atoms with Gasteiger partial charge in [-0.25, -0.2) is 14.6 Å². The first kappa shape index (κ1) is 43.8. The molecule has 1 N–H and O–H groups in total. The van der Waals surface area contributed by atoms with Gasteiger partial charge in [0, 0.05) is 26.2 Å². The Bertz CT molecular complexity index is 2310. The van der Waals surface area contributed by atoms with Crippen molar-refractivity contribution in [3.63, 3.8) is 0 Å². The number of methoxy groups -OCH3 is 2. The highest BCUT2D eigenvalue weighted by molar-refractivity contribution is 7.44. The van der Waals surface area contributed by atoms with Crippen molar-refractivity contribution in [1.82, 2.24) is 29.1 Å². The zero-order valence-corrected chi connectivity index (χ0v) is 36.6. The Kier molecular flexibility index (Phi) is 13.5. The molecule has 322 valence electrons. The maximum absolute atomic E-state index is 13.3. The Morgan fingerprint density at radius 3 is 2.20 bits per heavy atom. The lowest BCUT2D eigenvalue weighted by atomic mass is 9.79. The summed E-state index contributed by atoms with van der Waals surface area (Å²) in [6.45, 7) is 8.59. The molecule has 0 aliphatic carbocycles. The Labute approximate surface area is 357 Å². The predicted octanol–water partition coefficient (Wildman–Crippen LogP) is 6.69. The summed E-state index contributed by atoms with van der Waals surface area (Å²) in [5.74, 6) is 1.50. The highest BCUT2D eigenvalue weighted by atomic mass is 31.2. The number of benzene rings is 3. The molecular formula is C44H53N8O8P. The summed E-state index contributed by atoms with van der Waals surface area (Å²) in [5.41, 5.74) is 0.0492. The number of aromatic amines is 1. The van der Waals surface area contributed by atoms with Crippen LogP contribution in [0, 0.1) is 11.3 Å². The van der Waals surface area contributed by atoms with Crippen LogP contribution in [-0.2, 0) is 28.9 Å². The van der Waals surface area contributed by atoms with Crippen molar-refractivity contribution in [3.8, 4) is 17.6 Å². The molecule has 2 saturated heterocycles. The first-order chi connectivity index (χ1) is 29.4. The lowest BCUT2D eigenvalue weighted by Crippen LogP contribution is -2.49. The summed E-state index contributed by atoms with van der Waals surface area (Å²) in [5, 5.41) is 9.47. The van der Waals surface area contributed by atoms with Crippen LogP contribution in [0.3, 0.4) is 0 Å². The van der Waals surface area contributed by atoms with Gasteiger partial charge in [-0.15, -0.1) is 0 Å². The van der Waals surface area contributed by atoms with Gasteiger partial charge in [0.15, 0.2) is 17.4 Å². The second-order valence-corrected chi connectivity index (χ2v) is 17.0. The first-order valence-corrected chi connectivity index (χ1v) is 21.3. The minimum atomic E-state index is -1.77. The monoisotopic (exact) mass is 852 g/mol. The van der Waals surface area contributed by atoms with Crippen LogP contribution in [0.4, 0.5) is 5.95 Å². The van der Waals surface area contributed by atoms with Gasteiger partial charge in [-0.3, -0.25) is 14.3 Å². The third-order valence-corrected chi connectivity index (χ3v) is 12.8. The summed E-state index contributed by atoms with van der Waals surface area (Å²) >= 11 is 0. The predicted molar refractivity (Wildman–Crippen MR) is 231 cm³/mol. The van der Waals surface area contributed by atoms with Crippen molar-refractivity contribution < 1.29 is 32.7 Å². The third kappa shape index (κ3) is 8.78. The zero-order chi connectivity index (χ0) is 43.3. The number of nitrogens with zero attached hydrogens (tertiary/aromatic N) is 7. The van der Waals surface area contributed by atoms with E-state index >= 15 is 0 Å². The fourth-order valence-corrected chi connectivity index (χ4v) is 9.71. The van der Waals surface area contributed by atoms with Gasteiger partial charge >= 0.3 is 0 Å². The number of aliphatic imine (C=N–C) groups is 1. The second kappa shape index (κ2) is 18.8. The topological polar surface area (TPSA) is 171 Å². The van der Waals surface area contributed by atoms with Crippen molar-refractivity contribution in [2.75, 3.05) is 48.1 Å². The highest BCUT2D eigenvalue weighted by Crippen LogP contribution is 2.56. The van der Waals surface area contributed by atoms with Crippen molar-refractivity contribution in [3.05, 3.63) is 112 Å². The fraction of sp³-hybridized carbons (Fsp3) is 0.432. The van der Waals surface area contributed by atoms with Gasteiger partial charge in [0.25, 0.3) is 14.1 Å². The van der Waals surface area contributed by atoms with E-state index in [0.717, 1.165) is 16.7 Å². The molecule has 5 aromatic rings. The molecule has 2 aliphatic heterocycles. The van der Waals surface area contributed by atoms with Gasteiger partial charge in [-0.1, -0.05) is 54.6 Å². The minimum Gasteiger partial charge on any atom is -0.497 e. The molecule has 7 rings (SSSR count). The van der Waals surface area contributed by atoms with E-state index in [9.17, 15) is 10.1 Å². The Morgan fingerprint density at radius 2 is 1.62 bits per heavy atom. The van der Waals surface area contributed by atoms with E-state index in [1.807, 2.05) is 93.0 Å². The van der Waals surface area contributed by atoms with E-state index < -0.39 is 43.7 Å². The van der Waals surface area contributed by atoms with E-state index in [-0.39, 0.29) is 55.4 Å². The van der Waals surface area contributed by atoms with Crippen molar-refractivity contribution in [2.24, 2.45) is 4.99 Å². The maximum atomic E-state index is 13.3. The van der Waals surface area contributed by atoms with Crippen molar-refractivity contribution >= 4 is 32.0 Å². The quantitative estimate of drug-likeness (QED) is 0.0307. The average molecular weight is 853 g/mol. The number of fused-ring (bicyclic) bond motifs is 3. The summed E-state index contributed by atoms with van der Waals surface area (Å²) in [6.07, 6.45) is 0.908. The van der Waals surface area contributed by atoms with Crippen LogP contribution in [0.2, 0.25) is 0 Å². The Hall–Kier alpha value is -5.24. The highest BCUT2D eigenvalue weighted by Gasteiger charge is 2.65. The Morgan fingerprint density at radius 1 is 1.00 bits per heavy atom. The number of rotatable bonds is 19. The van der Waals surface area contributed by atoms with Gasteiger partial charge in [0.05, 0.1) is 59.2 Å². The number of imidazole rings is 1. The molecule has 0 radical (unpaired) electrons. The summed E-state index contributed by atoms with van der Waals surface area (Å²) in [7, 11) is 5.14. The van der Waals surface area contributed by atoms with Gasteiger partial charge in [0.2, 0.25) is 5.95 Å². The normalized spacial score (nSPS) is 20.6. The molecule has 1 unspecified atom stereocenters. The van der Waals surface area contributed by atoms with E-state index in [1.165, 1.54) is 6.33 Å². The Balaban J connectivity index is 1.37. The number of nitriles is 1. The molecule has 0 amide bonds. The average Bonchev–Trinajstić information content (AvgIpc) is 3.93. The molecular weight excluding hydrogens is 800 g/mol. The number of hydrogen-bond donors (Lipinski definition) is 1. The molecule has 2 bridgehead atoms. The standard InChI is InChI=1S/C44H53N8O8P/c1-29(2)52(30(3)4)61(58-24-12-23-45)60-38-37-41(51-28-46-36-39(51)48-42(49-40(36)53)47-27-50(5)6)59-43(38,25-56-37)26-57-44(31-13-10-9-11-14-31,32-15-19-34(54-7)20-16-32)33-17-21-35(55-8)22-18-33/h9-11,13-22,27-30,37-38,41H,12,24-26H2,1-8H3,(H,48,49,53)/t37-,38+,41-,43-,61?/m1/s1. The third-order valence-electron chi connectivity index (χ3n) is 10.7. The van der Waals surface area contributed by atoms with E-state index in [1.54, 1.807) is 30.0 Å². The fourth-order valence-electron chi connectivity index (χ4n) is 7.90. The van der Waals surface area contributed by atoms with Crippen LogP contribution in [0.15, 0.2) is 95.0 Å². The van der Waals surface area contributed by atoms with Gasteiger partial charge in [0.1, 0.15) is 34.9 Å². The van der Waals surface area contributed by atoms with Crippen LogP contribution in [0.1, 0.15) is 57.0 Å². The molecule has 61 heavy (non-hydrogen) atoms. The van der Waals surface area contributed by atoms with Gasteiger partial charge in [-0.2, -0.15) is 10.2 Å². The number of nitrogens with one attached hydrogen (secondary N) is 1. The van der Waals surface area contributed by atoms with Crippen molar-refractivity contribution in [2.45, 2.75) is 75.8 Å². The molecule has 4 heterocycles. The molecule has 2 aromatic heterocycles. The van der Waals surface area contributed by atoms with E-state index in [0.29, 0.717) is 11.5 Å². The molecule has 0 saturated carbocycles. The summed E-state index contributed by atoms with van der Waals surface area (Å²) < 4.78 is 50.0. The van der Waals surface area contributed by atoms with Gasteiger partial charge in [-0.05, 0) is 68.7 Å². The number of aromatic nitrogens is 4. The molecule has 5 atom stereocenters. The van der Waals surface area contributed by atoms with Crippen LogP contribution < -0.4 is 15.0 Å². The lowest BCUT2D eigenvalue weighted by Gasteiger charge is -2.41. The molecule has 17 heteroatoms. The molecule has 16 nitrogen and oxygen atoms in total. The largest absolute Gasteiger partial charge is 0.497 e. The number of hydrogen-bond acceptors (Lipinski definition) is 13. The number of H-pyrrole nitrogens is 1. The molecule has 2 aliphatic rings. The molecule has 0 spiro atoms. The number of ether oxygens (including phenoxy) is 5. The maximum Gasteiger partial charge on any atom is 0.280 e. The zero-order valence-electron chi connectivity index (χ0n) is 35.7.